The first-order valence-electron chi connectivity index (χ1n) is 3.50. The molecule has 0 fully saturated rings. The fourth-order valence-electron chi connectivity index (χ4n) is 0.861. The second-order valence-corrected chi connectivity index (χ2v) is 2.30. The maximum absolute atomic E-state index is 5.42. The zero-order valence-electron chi connectivity index (χ0n) is 6.62. The second-order valence-electron chi connectivity index (χ2n) is 2.30. The molecular formula is C6H12N6. The Morgan fingerprint density at radius 1 is 0.833 bits per heavy atom. The van der Waals surface area contributed by atoms with Crippen molar-refractivity contribution in [2.45, 2.75) is 13.1 Å². The van der Waals surface area contributed by atoms with Gasteiger partial charge in [0.15, 0.2) is 11.6 Å². The van der Waals surface area contributed by atoms with E-state index in [1.807, 2.05) is 0 Å². The molecule has 0 atom stereocenters. The van der Waals surface area contributed by atoms with Gasteiger partial charge in [-0.15, -0.1) is 0 Å². The first-order valence-corrected chi connectivity index (χ1v) is 3.50. The summed E-state index contributed by atoms with van der Waals surface area (Å²) < 4.78 is 0. The summed E-state index contributed by atoms with van der Waals surface area (Å²) in [7, 11) is 0. The molecule has 0 saturated carbocycles. The van der Waals surface area contributed by atoms with E-state index in [4.69, 9.17) is 22.9 Å². The summed E-state index contributed by atoms with van der Waals surface area (Å²) >= 11 is 0. The number of rotatable bonds is 2. The van der Waals surface area contributed by atoms with Crippen LogP contribution in [0.5, 0.6) is 0 Å². The van der Waals surface area contributed by atoms with Crippen LogP contribution in [0.25, 0.3) is 0 Å². The molecule has 8 N–H and O–H groups in total. The van der Waals surface area contributed by atoms with Crippen LogP contribution in [-0.4, -0.2) is 9.97 Å². The van der Waals surface area contributed by atoms with Crippen molar-refractivity contribution in [1.82, 2.24) is 9.97 Å². The molecule has 6 heteroatoms. The van der Waals surface area contributed by atoms with E-state index in [0.717, 1.165) is 0 Å². The van der Waals surface area contributed by atoms with Crippen LogP contribution in [-0.2, 0) is 13.1 Å². The molecule has 0 aliphatic carbocycles. The predicted octanol–water partition coefficient (Wildman–Crippen LogP) is -1.44. The minimum atomic E-state index is 0.202. The van der Waals surface area contributed by atoms with Gasteiger partial charge in [0.1, 0.15) is 0 Å². The molecule has 0 unspecified atom stereocenters. The van der Waals surface area contributed by atoms with Gasteiger partial charge in [0.25, 0.3) is 0 Å². The van der Waals surface area contributed by atoms with Crippen LogP contribution in [0, 0.1) is 0 Å². The topological polar surface area (TPSA) is 130 Å². The lowest BCUT2D eigenvalue weighted by Gasteiger charge is -2.06. The number of hydrogen-bond donors (Lipinski definition) is 4. The summed E-state index contributed by atoms with van der Waals surface area (Å²) in [5.41, 5.74) is 22.8. The molecule has 1 heterocycles. The predicted molar refractivity (Wildman–Crippen MR) is 46.6 cm³/mol. The van der Waals surface area contributed by atoms with Gasteiger partial charge in [-0.2, -0.15) is 0 Å². The highest BCUT2D eigenvalue weighted by Gasteiger charge is 2.06. The van der Waals surface area contributed by atoms with E-state index in [1.54, 1.807) is 0 Å². The first-order chi connectivity index (χ1) is 5.69. The molecular weight excluding hydrogens is 156 g/mol. The minimum Gasteiger partial charge on any atom is -0.381 e. The fourth-order valence-corrected chi connectivity index (χ4v) is 0.861. The van der Waals surface area contributed by atoms with Crippen molar-refractivity contribution in [1.29, 1.82) is 0 Å². The van der Waals surface area contributed by atoms with E-state index in [9.17, 15) is 0 Å². The van der Waals surface area contributed by atoms with Crippen LogP contribution < -0.4 is 22.9 Å². The van der Waals surface area contributed by atoms with E-state index < -0.39 is 0 Å². The Labute approximate surface area is 70.0 Å². The first kappa shape index (κ1) is 8.69. The summed E-state index contributed by atoms with van der Waals surface area (Å²) in [4.78, 5) is 7.89. The molecule has 0 aliphatic rings. The average Bonchev–Trinajstić information content (AvgIpc) is 2.09. The summed E-state index contributed by atoms with van der Waals surface area (Å²) in [6.45, 7) is 0.536. The molecule has 6 nitrogen and oxygen atoms in total. The van der Waals surface area contributed by atoms with E-state index in [-0.39, 0.29) is 24.7 Å². The van der Waals surface area contributed by atoms with E-state index >= 15 is 0 Å². The van der Waals surface area contributed by atoms with E-state index in [0.29, 0.717) is 11.4 Å². The smallest absolute Gasteiger partial charge is 0.166 e. The molecule has 0 bridgehead atoms. The van der Waals surface area contributed by atoms with Gasteiger partial charge >= 0.3 is 0 Å². The molecule has 1 rings (SSSR count). The van der Waals surface area contributed by atoms with Crippen LogP contribution in [0.1, 0.15) is 11.4 Å². The Morgan fingerprint density at radius 3 is 1.42 bits per heavy atom. The highest BCUT2D eigenvalue weighted by atomic mass is 15.0. The van der Waals surface area contributed by atoms with Crippen molar-refractivity contribution in [2.24, 2.45) is 11.5 Å². The third-order valence-electron chi connectivity index (χ3n) is 1.49. The lowest BCUT2D eigenvalue weighted by molar-refractivity contribution is 0.878. The Kier molecular flexibility index (Phi) is 2.41. The van der Waals surface area contributed by atoms with Gasteiger partial charge in [0.05, 0.1) is 11.4 Å². The van der Waals surface area contributed by atoms with Crippen molar-refractivity contribution in [3.05, 3.63) is 11.4 Å². The molecule has 1 aromatic rings. The molecule has 12 heavy (non-hydrogen) atoms. The van der Waals surface area contributed by atoms with Gasteiger partial charge in [-0.1, -0.05) is 0 Å². The average molecular weight is 168 g/mol. The van der Waals surface area contributed by atoms with Gasteiger partial charge in [0, 0.05) is 13.1 Å². The molecule has 0 aliphatic heterocycles. The standard InChI is InChI=1S/C6H12N6/c7-1-3-4(2-8)12-6(10)5(9)11-3/h1-2,7-8H2,(H2,9,11)(H2,10,12). The van der Waals surface area contributed by atoms with Crippen molar-refractivity contribution in [3.63, 3.8) is 0 Å². The number of nitrogens with two attached hydrogens (primary N) is 4. The molecule has 0 amide bonds. The maximum atomic E-state index is 5.42. The van der Waals surface area contributed by atoms with Gasteiger partial charge in [0.2, 0.25) is 0 Å². The van der Waals surface area contributed by atoms with Gasteiger partial charge < -0.3 is 22.9 Å². The van der Waals surface area contributed by atoms with Gasteiger partial charge in [-0.3, -0.25) is 0 Å². The third kappa shape index (κ3) is 1.44. The van der Waals surface area contributed by atoms with Gasteiger partial charge in [-0.05, 0) is 0 Å². The SMILES string of the molecule is NCc1nc(N)c(N)nc1CN. The lowest BCUT2D eigenvalue weighted by Crippen LogP contribution is -2.14. The number of hydrogen-bond acceptors (Lipinski definition) is 6. The maximum Gasteiger partial charge on any atom is 0.166 e. The Bertz CT molecular complexity index is 255. The highest BCUT2D eigenvalue weighted by molar-refractivity contribution is 5.52. The zero-order valence-corrected chi connectivity index (χ0v) is 6.62. The monoisotopic (exact) mass is 168 g/mol. The Morgan fingerprint density at radius 2 is 1.17 bits per heavy atom. The Balaban J connectivity index is 3.19. The van der Waals surface area contributed by atoms with Crippen molar-refractivity contribution >= 4 is 11.6 Å². The second kappa shape index (κ2) is 3.33. The van der Waals surface area contributed by atoms with Crippen molar-refractivity contribution < 1.29 is 0 Å². The summed E-state index contributed by atoms with van der Waals surface area (Å²) in [5.74, 6) is 0.403. The van der Waals surface area contributed by atoms with Crippen molar-refractivity contribution in [2.75, 3.05) is 11.5 Å². The third-order valence-corrected chi connectivity index (χ3v) is 1.49. The van der Waals surface area contributed by atoms with E-state index in [1.165, 1.54) is 0 Å². The number of nitrogen functional groups attached to an aromatic ring is 2. The van der Waals surface area contributed by atoms with Crippen LogP contribution >= 0.6 is 0 Å². The molecule has 0 spiro atoms. The summed E-state index contributed by atoms with van der Waals surface area (Å²) in [5, 5.41) is 0. The fraction of sp³-hybridized carbons (Fsp3) is 0.333. The normalized spacial score (nSPS) is 10.2. The van der Waals surface area contributed by atoms with E-state index in [2.05, 4.69) is 9.97 Å². The summed E-state index contributed by atoms with van der Waals surface area (Å²) in [6.07, 6.45) is 0. The van der Waals surface area contributed by atoms with Crippen molar-refractivity contribution in [3.8, 4) is 0 Å². The van der Waals surface area contributed by atoms with Gasteiger partial charge in [-0.25, -0.2) is 9.97 Å². The molecule has 66 valence electrons. The number of anilines is 2. The van der Waals surface area contributed by atoms with Crippen LogP contribution in [0.3, 0.4) is 0 Å². The largest absolute Gasteiger partial charge is 0.381 e. The molecule has 0 radical (unpaired) electrons. The molecule has 0 aromatic carbocycles. The quantitative estimate of drug-likeness (QED) is 0.428. The highest BCUT2D eigenvalue weighted by Crippen LogP contribution is 2.11. The Hall–Kier alpha value is -1.40. The van der Waals surface area contributed by atoms with Crippen LogP contribution in [0.15, 0.2) is 0 Å². The minimum absolute atomic E-state index is 0.202. The van der Waals surface area contributed by atoms with Crippen LogP contribution in [0.2, 0.25) is 0 Å². The summed E-state index contributed by atoms with van der Waals surface area (Å²) in [6, 6.07) is 0. The lowest BCUT2D eigenvalue weighted by atomic mass is 10.3. The number of aromatic nitrogens is 2. The zero-order chi connectivity index (χ0) is 9.14. The molecule has 0 saturated heterocycles. The molecule has 1 aromatic heterocycles. The number of nitrogens with zero attached hydrogens (tertiary/aromatic N) is 2. The van der Waals surface area contributed by atoms with Crippen LogP contribution in [0.4, 0.5) is 11.6 Å².